The molecule has 0 aliphatic heterocycles. The highest BCUT2D eigenvalue weighted by Gasteiger charge is 2.33. The number of amides is 2. The molecule has 4 rings (SSSR count). The lowest BCUT2D eigenvalue weighted by molar-refractivity contribution is -0.135. The summed E-state index contributed by atoms with van der Waals surface area (Å²) in [6.45, 7) is 0.539. The van der Waals surface area contributed by atoms with Crippen LogP contribution in [0.1, 0.15) is 16.7 Å². The molecule has 0 saturated heterocycles. The lowest BCUT2D eigenvalue weighted by atomic mass is 10.0. The second-order valence-electron chi connectivity index (χ2n) is 8.16. The molecule has 0 aliphatic rings. The number of para-hydroxylation sites is 1. The monoisotopic (exact) mass is 441 g/mol. The van der Waals surface area contributed by atoms with Crippen LogP contribution in [0.4, 0.5) is 4.79 Å². The molecule has 2 amide bonds. The van der Waals surface area contributed by atoms with Crippen LogP contribution in [0.2, 0.25) is 0 Å². The van der Waals surface area contributed by atoms with Crippen LogP contribution in [0.5, 0.6) is 0 Å². The number of likely N-dealkylation sites (N-methyl/N-ethyl adjacent to an activating group) is 1. The number of carbonyl (C=O) groups is 2. The van der Waals surface area contributed by atoms with Gasteiger partial charge in [0, 0.05) is 43.7 Å². The van der Waals surface area contributed by atoms with E-state index in [1.807, 2.05) is 91.1 Å². The van der Waals surface area contributed by atoms with E-state index in [-0.39, 0.29) is 18.9 Å². The number of rotatable bonds is 8. The van der Waals surface area contributed by atoms with Gasteiger partial charge in [-0.1, -0.05) is 78.9 Å². The Morgan fingerprint density at radius 2 is 1.42 bits per heavy atom. The summed E-state index contributed by atoms with van der Waals surface area (Å²) >= 11 is 0. The quantitative estimate of drug-likeness (QED) is 0.408. The first kappa shape index (κ1) is 22.1. The Labute approximate surface area is 193 Å². The maximum Gasteiger partial charge on any atom is 0.408 e. The zero-order valence-corrected chi connectivity index (χ0v) is 18.5. The molecule has 0 spiro atoms. The van der Waals surface area contributed by atoms with Crippen LogP contribution in [0.3, 0.4) is 0 Å². The fourth-order valence-corrected chi connectivity index (χ4v) is 4.12. The highest BCUT2D eigenvalue weighted by molar-refractivity contribution is 5.88. The van der Waals surface area contributed by atoms with Crippen molar-refractivity contribution in [2.45, 2.75) is 25.6 Å². The van der Waals surface area contributed by atoms with Crippen molar-refractivity contribution in [3.8, 4) is 0 Å². The molecule has 1 atom stereocenters. The van der Waals surface area contributed by atoms with Crippen molar-refractivity contribution < 1.29 is 14.7 Å². The first-order valence-corrected chi connectivity index (χ1v) is 10.9. The number of aromatic amines is 1. The molecule has 0 fully saturated rings. The fourth-order valence-electron chi connectivity index (χ4n) is 4.12. The largest absolute Gasteiger partial charge is 0.465 e. The van der Waals surface area contributed by atoms with Crippen LogP contribution in [0.15, 0.2) is 91.1 Å². The minimum Gasteiger partial charge on any atom is -0.465 e. The molecule has 0 saturated carbocycles. The average molecular weight is 442 g/mol. The molecule has 3 aromatic carbocycles. The highest BCUT2D eigenvalue weighted by Crippen LogP contribution is 2.23. The van der Waals surface area contributed by atoms with E-state index in [1.54, 1.807) is 11.9 Å². The summed E-state index contributed by atoms with van der Waals surface area (Å²) in [5.41, 5.74) is 3.70. The molecule has 1 heterocycles. The van der Waals surface area contributed by atoms with Gasteiger partial charge in [-0.2, -0.15) is 0 Å². The molecule has 6 heteroatoms. The van der Waals surface area contributed by atoms with Crippen molar-refractivity contribution in [1.82, 2.24) is 14.8 Å². The average Bonchev–Trinajstić information content (AvgIpc) is 3.25. The van der Waals surface area contributed by atoms with E-state index in [2.05, 4.69) is 4.98 Å². The Bertz CT molecular complexity index is 1220. The van der Waals surface area contributed by atoms with E-state index < -0.39 is 12.1 Å². The zero-order valence-electron chi connectivity index (χ0n) is 18.5. The van der Waals surface area contributed by atoms with Crippen LogP contribution in [0, 0.1) is 0 Å². The van der Waals surface area contributed by atoms with Gasteiger partial charge in [-0.15, -0.1) is 0 Å². The van der Waals surface area contributed by atoms with Gasteiger partial charge >= 0.3 is 6.09 Å². The van der Waals surface area contributed by atoms with Crippen LogP contribution in [-0.4, -0.2) is 45.0 Å². The molecule has 33 heavy (non-hydrogen) atoms. The number of aromatic nitrogens is 1. The lowest BCUT2D eigenvalue weighted by Gasteiger charge is -2.32. The molecular weight excluding hydrogens is 414 g/mol. The van der Waals surface area contributed by atoms with Crippen LogP contribution in [-0.2, 0) is 24.3 Å². The predicted octanol–water partition coefficient (Wildman–Crippen LogP) is 4.92. The number of benzene rings is 3. The van der Waals surface area contributed by atoms with E-state index >= 15 is 0 Å². The molecule has 2 N–H and O–H groups in total. The van der Waals surface area contributed by atoms with E-state index in [1.165, 1.54) is 4.90 Å². The third kappa shape index (κ3) is 5.23. The van der Waals surface area contributed by atoms with Gasteiger partial charge in [0.15, 0.2) is 0 Å². The van der Waals surface area contributed by atoms with E-state index in [0.717, 1.165) is 27.6 Å². The van der Waals surface area contributed by atoms with Crippen LogP contribution < -0.4 is 0 Å². The predicted molar refractivity (Wildman–Crippen MR) is 129 cm³/mol. The normalized spacial score (nSPS) is 11.8. The van der Waals surface area contributed by atoms with Crippen molar-refractivity contribution in [3.05, 3.63) is 108 Å². The number of H-pyrrole nitrogens is 1. The summed E-state index contributed by atoms with van der Waals surface area (Å²) in [6, 6.07) is 26.0. The van der Waals surface area contributed by atoms with E-state index in [9.17, 15) is 14.7 Å². The lowest BCUT2D eigenvalue weighted by Crippen LogP contribution is -2.50. The molecule has 0 bridgehead atoms. The maximum atomic E-state index is 13.7. The number of hydrogen-bond acceptors (Lipinski definition) is 2. The minimum atomic E-state index is -1.12. The van der Waals surface area contributed by atoms with E-state index in [0.29, 0.717) is 6.54 Å². The van der Waals surface area contributed by atoms with Gasteiger partial charge in [0.1, 0.15) is 6.04 Å². The molecule has 4 aromatic rings. The Hall–Kier alpha value is -4.06. The fraction of sp³-hybridized carbons (Fsp3) is 0.185. The van der Waals surface area contributed by atoms with Crippen molar-refractivity contribution in [1.29, 1.82) is 0 Å². The first-order valence-electron chi connectivity index (χ1n) is 10.9. The summed E-state index contributed by atoms with van der Waals surface area (Å²) in [6.07, 6.45) is 1.02. The highest BCUT2D eigenvalue weighted by atomic mass is 16.4. The third-order valence-corrected chi connectivity index (χ3v) is 5.83. The summed E-state index contributed by atoms with van der Waals surface area (Å²) in [5, 5.41) is 11.1. The standard InChI is InChI=1S/C27H27N3O3/c1-29(18-20-10-4-2-5-11-20)26(31)25(16-22-17-28-24-15-9-8-14-23(22)24)30(27(32)33)19-21-12-6-3-7-13-21/h2-15,17,25,28H,16,18-19H2,1H3,(H,32,33). The van der Waals surface area contributed by atoms with Gasteiger partial charge in [0.2, 0.25) is 5.91 Å². The van der Waals surface area contributed by atoms with Crippen LogP contribution >= 0.6 is 0 Å². The van der Waals surface area contributed by atoms with Gasteiger partial charge in [-0.25, -0.2) is 4.79 Å². The third-order valence-electron chi connectivity index (χ3n) is 5.83. The summed E-state index contributed by atoms with van der Waals surface area (Å²) < 4.78 is 0. The van der Waals surface area contributed by atoms with E-state index in [4.69, 9.17) is 0 Å². The smallest absolute Gasteiger partial charge is 0.408 e. The topological polar surface area (TPSA) is 76.6 Å². The molecule has 1 aromatic heterocycles. The Balaban J connectivity index is 1.66. The summed E-state index contributed by atoms with van der Waals surface area (Å²) in [5.74, 6) is -0.234. The first-order chi connectivity index (χ1) is 16.0. The van der Waals surface area contributed by atoms with Crippen LogP contribution in [0.25, 0.3) is 10.9 Å². The number of nitrogens with one attached hydrogen (secondary N) is 1. The molecule has 1 unspecified atom stereocenters. The molecule has 6 nitrogen and oxygen atoms in total. The Morgan fingerprint density at radius 1 is 0.848 bits per heavy atom. The number of carboxylic acid groups (broad SMARTS) is 1. The summed E-state index contributed by atoms with van der Waals surface area (Å²) in [4.78, 5) is 32.1. The van der Waals surface area contributed by atoms with Gasteiger partial charge in [0.25, 0.3) is 0 Å². The van der Waals surface area contributed by atoms with Crippen molar-refractivity contribution in [2.24, 2.45) is 0 Å². The number of fused-ring (bicyclic) bond motifs is 1. The second-order valence-corrected chi connectivity index (χ2v) is 8.16. The number of carbonyl (C=O) groups excluding carboxylic acids is 1. The van der Waals surface area contributed by atoms with Gasteiger partial charge in [-0.3, -0.25) is 9.69 Å². The zero-order chi connectivity index (χ0) is 23.2. The molecule has 0 aliphatic carbocycles. The van der Waals surface area contributed by atoms with Crippen molar-refractivity contribution >= 4 is 22.9 Å². The molecule has 168 valence electrons. The second kappa shape index (κ2) is 10.0. The van der Waals surface area contributed by atoms with Gasteiger partial charge in [-0.05, 0) is 22.8 Å². The van der Waals surface area contributed by atoms with Gasteiger partial charge < -0.3 is 15.0 Å². The molecular formula is C27H27N3O3. The number of hydrogen-bond donors (Lipinski definition) is 2. The Kier molecular flexibility index (Phi) is 6.74. The maximum absolute atomic E-state index is 13.7. The van der Waals surface area contributed by atoms with Crippen molar-refractivity contribution in [3.63, 3.8) is 0 Å². The molecule has 0 radical (unpaired) electrons. The minimum absolute atomic E-state index is 0.133. The Morgan fingerprint density at radius 3 is 2.06 bits per heavy atom. The van der Waals surface area contributed by atoms with Gasteiger partial charge in [0.05, 0.1) is 0 Å². The number of nitrogens with zero attached hydrogens (tertiary/aromatic N) is 2. The summed E-state index contributed by atoms with van der Waals surface area (Å²) in [7, 11) is 1.72. The van der Waals surface area contributed by atoms with Crippen molar-refractivity contribution in [2.75, 3.05) is 7.05 Å². The SMILES string of the molecule is CN(Cc1ccccc1)C(=O)C(Cc1c[nH]c2ccccc12)N(Cc1ccccc1)C(=O)O.